The minimum atomic E-state index is 0.251. The Balaban J connectivity index is 1.96. The van der Waals surface area contributed by atoms with Gasteiger partial charge in [-0.3, -0.25) is 4.90 Å². The lowest BCUT2D eigenvalue weighted by Crippen LogP contribution is -2.31. The lowest BCUT2D eigenvalue weighted by Gasteiger charge is -2.26. The molecule has 1 heterocycles. The Morgan fingerprint density at radius 1 is 1.32 bits per heavy atom. The van der Waals surface area contributed by atoms with Gasteiger partial charge in [-0.2, -0.15) is 0 Å². The molecule has 4 heteroatoms. The average molecular weight is 295 g/mol. The van der Waals surface area contributed by atoms with Crippen molar-refractivity contribution in [3.05, 3.63) is 57.2 Å². The fraction of sp³-hybridized carbons (Fsp3) is 0.333. The first-order valence-corrected chi connectivity index (χ1v) is 7.64. The van der Waals surface area contributed by atoms with Crippen LogP contribution in [0.25, 0.3) is 0 Å². The number of nitrogens with two attached hydrogens (primary N) is 1. The van der Waals surface area contributed by atoms with E-state index < -0.39 is 0 Å². The summed E-state index contributed by atoms with van der Waals surface area (Å²) in [6.45, 7) is 1.60. The molecule has 102 valence electrons. The Morgan fingerprint density at radius 3 is 2.63 bits per heavy atom. The summed E-state index contributed by atoms with van der Waals surface area (Å²) in [6.07, 6.45) is 1.03. The first-order chi connectivity index (χ1) is 9.20. The normalized spacial score (nSPS) is 12.8. The van der Waals surface area contributed by atoms with Crippen LogP contribution in [0.15, 0.2) is 41.8 Å². The third kappa shape index (κ3) is 4.05. The van der Waals surface area contributed by atoms with Gasteiger partial charge in [0.05, 0.1) is 11.1 Å². The Kier molecular flexibility index (Phi) is 5.40. The predicted molar refractivity (Wildman–Crippen MR) is 83.9 cm³/mol. The molecule has 1 aromatic heterocycles. The standard InChI is InChI=1S/C15H19ClN2S/c1-18(8-7-12-5-3-2-4-6-12)14(10-17)15-9-13(16)11-19-15/h2-6,9,11,14H,7-8,10,17H2,1H3. The van der Waals surface area contributed by atoms with Crippen molar-refractivity contribution in [1.29, 1.82) is 0 Å². The molecular formula is C15H19ClN2S. The van der Waals surface area contributed by atoms with E-state index in [-0.39, 0.29) is 6.04 Å². The molecule has 0 aliphatic heterocycles. The van der Waals surface area contributed by atoms with Crippen LogP contribution in [0.5, 0.6) is 0 Å². The number of nitrogens with zero attached hydrogens (tertiary/aromatic N) is 1. The van der Waals surface area contributed by atoms with E-state index in [1.165, 1.54) is 10.4 Å². The van der Waals surface area contributed by atoms with Gasteiger partial charge >= 0.3 is 0 Å². The van der Waals surface area contributed by atoms with Gasteiger partial charge in [-0.15, -0.1) is 11.3 Å². The van der Waals surface area contributed by atoms with Crippen molar-refractivity contribution < 1.29 is 0 Å². The highest BCUT2D eigenvalue weighted by atomic mass is 35.5. The molecule has 0 saturated heterocycles. The molecule has 0 fully saturated rings. The molecule has 2 N–H and O–H groups in total. The third-order valence-corrected chi connectivity index (χ3v) is 4.65. The summed E-state index contributed by atoms with van der Waals surface area (Å²) >= 11 is 7.67. The van der Waals surface area contributed by atoms with Crippen LogP contribution < -0.4 is 5.73 Å². The van der Waals surface area contributed by atoms with E-state index in [4.69, 9.17) is 17.3 Å². The second kappa shape index (κ2) is 7.06. The summed E-state index contributed by atoms with van der Waals surface area (Å²) in [6, 6.07) is 12.8. The highest BCUT2D eigenvalue weighted by molar-refractivity contribution is 7.10. The monoisotopic (exact) mass is 294 g/mol. The topological polar surface area (TPSA) is 29.3 Å². The molecule has 0 bridgehead atoms. The van der Waals surface area contributed by atoms with Gasteiger partial charge in [0.2, 0.25) is 0 Å². The van der Waals surface area contributed by atoms with Crippen LogP contribution in [0.1, 0.15) is 16.5 Å². The van der Waals surface area contributed by atoms with E-state index in [0.29, 0.717) is 6.54 Å². The van der Waals surface area contributed by atoms with Crippen LogP contribution >= 0.6 is 22.9 Å². The molecule has 0 spiro atoms. The number of hydrogen-bond donors (Lipinski definition) is 1. The van der Waals surface area contributed by atoms with Crippen LogP contribution in [0.4, 0.5) is 0 Å². The van der Waals surface area contributed by atoms with Gasteiger partial charge in [-0.05, 0) is 25.1 Å². The van der Waals surface area contributed by atoms with Crippen molar-refractivity contribution in [2.45, 2.75) is 12.5 Å². The molecule has 0 aliphatic carbocycles. The molecule has 0 saturated carbocycles. The molecule has 0 amide bonds. The van der Waals surface area contributed by atoms with Crippen molar-refractivity contribution in [2.24, 2.45) is 5.73 Å². The van der Waals surface area contributed by atoms with Crippen LogP contribution in [0, 0.1) is 0 Å². The fourth-order valence-corrected chi connectivity index (χ4v) is 3.38. The summed E-state index contributed by atoms with van der Waals surface area (Å²) < 4.78 is 0. The summed E-state index contributed by atoms with van der Waals surface area (Å²) in [5.74, 6) is 0. The zero-order chi connectivity index (χ0) is 13.7. The van der Waals surface area contributed by atoms with Crippen molar-refractivity contribution in [3.63, 3.8) is 0 Å². The second-order valence-corrected chi connectivity index (χ2v) is 6.01. The first kappa shape index (κ1) is 14.5. The highest BCUT2D eigenvalue weighted by Crippen LogP contribution is 2.28. The van der Waals surface area contributed by atoms with Crippen LogP contribution in [0.2, 0.25) is 5.02 Å². The zero-order valence-electron chi connectivity index (χ0n) is 11.1. The van der Waals surface area contributed by atoms with Crippen molar-refractivity contribution in [3.8, 4) is 0 Å². The second-order valence-electron chi connectivity index (χ2n) is 4.63. The minimum Gasteiger partial charge on any atom is -0.329 e. The van der Waals surface area contributed by atoms with Gasteiger partial charge in [0, 0.05) is 23.3 Å². The maximum atomic E-state index is 5.99. The molecule has 19 heavy (non-hydrogen) atoms. The quantitative estimate of drug-likeness (QED) is 0.882. The molecule has 2 aromatic rings. The number of hydrogen-bond acceptors (Lipinski definition) is 3. The average Bonchev–Trinajstić information content (AvgIpc) is 2.85. The zero-order valence-corrected chi connectivity index (χ0v) is 12.6. The van der Waals surface area contributed by atoms with Crippen LogP contribution in [-0.2, 0) is 6.42 Å². The van der Waals surface area contributed by atoms with E-state index in [1.54, 1.807) is 11.3 Å². The van der Waals surface area contributed by atoms with Gasteiger partial charge in [-0.25, -0.2) is 0 Å². The maximum Gasteiger partial charge on any atom is 0.0562 e. The Morgan fingerprint density at radius 2 is 2.05 bits per heavy atom. The predicted octanol–water partition coefficient (Wildman–Crippen LogP) is 3.58. The molecule has 0 aliphatic rings. The van der Waals surface area contributed by atoms with Crippen molar-refractivity contribution in [1.82, 2.24) is 4.90 Å². The number of rotatable bonds is 6. The van der Waals surface area contributed by atoms with Crippen LogP contribution in [0.3, 0.4) is 0 Å². The van der Waals surface area contributed by atoms with Gasteiger partial charge in [0.1, 0.15) is 0 Å². The van der Waals surface area contributed by atoms with E-state index in [9.17, 15) is 0 Å². The van der Waals surface area contributed by atoms with Crippen molar-refractivity contribution in [2.75, 3.05) is 20.1 Å². The summed E-state index contributed by atoms with van der Waals surface area (Å²) in [5, 5.41) is 2.76. The van der Waals surface area contributed by atoms with E-state index in [0.717, 1.165) is 18.0 Å². The Hall–Kier alpha value is -0.870. The molecular weight excluding hydrogens is 276 g/mol. The largest absolute Gasteiger partial charge is 0.329 e. The summed E-state index contributed by atoms with van der Waals surface area (Å²) in [4.78, 5) is 3.54. The number of halogens is 1. The SMILES string of the molecule is CN(CCc1ccccc1)C(CN)c1cc(Cl)cs1. The molecule has 1 unspecified atom stereocenters. The molecule has 1 atom stereocenters. The van der Waals surface area contributed by atoms with E-state index in [2.05, 4.69) is 36.2 Å². The highest BCUT2D eigenvalue weighted by Gasteiger charge is 2.17. The summed E-state index contributed by atoms with van der Waals surface area (Å²) in [5.41, 5.74) is 7.26. The lowest BCUT2D eigenvalue weighted by atomic mass is 10.1. The fourth-order valence-electron chi connectivity index (χ4n) is 2.12. The van der Waals surface area contributed by atoms with Crippen LogP contribution in [-0.4, -0.2) is 25.0 Å². The Labute approximate surface area is 123 Å². The molecule has 2 rings (SSSR count). The first-order valence-electron chi connectivity index (χ1n) is 6.39. The van der Waals surface area contributed by atoms with Gasteiger partial charge in [0.15, 0.2) is 0 Å². The van der Waals surface area contributed by atoms with Gasteiger partial charge in [0.25, 0.3) is 0 Å². The summed E-state index contributed by atoms with van der Waals surface area (Å²) in [7, 11) is 2.12. The van der Waals surface area contributed by atoms with Gasteiger partial charge < -0.3 is 5.73 Å². The maximum absolute atomic E-state index is 5.99. The van der Waals surface area contributed by atoms with E-state index >= 15 is 0 Å². The molecule has 0 radical (unpaired) electrons. The smallest absolute Gasteiger partial charge is 0.0562 e. The van der Waals surface area contributed by atoms with Crippen molar-refractivity contribution >= 4 is 22.9 Å². The molecule has 2 nitrogen and oxygen atoms in total. The molecule has 1 aromatic carbocycles. The number of benzene rings is 1. The number of likely N-dealkylation sites (N-methyl/N-ethyl adjacent to an activating group) is 1. The lowest BCUT2D eigenvalue weighted by molar-refractivity contribution is 0.256. The van der Waals surface area contributed by atoms with Gasteiger partial charge in [-0.1, -0.05) is 41.9 Å². The third-order valence-electron chi connectivity index (χ3n) is 3.27. The Bertz CT molecular complexity index is 498. The minimum absolute atomic E-state index is 0.251. The van der Waals surface area contributed by atoms with E-state index in [1.807, 2.05) is 17.5 Å². The number of thiophene rings is 1.